The SMILES string of the molecule is Cn1nnc(-c2ccc(N=O)cn2)c1C(=O)O. The average molecular weight is 233 g/mol. The minimum Gasteiger partial charge on any atom is -0.476 e. The quantitative estimate of drug-likeness (QED) is 0.791. The summed E-state index contributed by atoms with van der Waals surface area (Å²) in [6.07, 6.45) is 1.24. The Morgan fingerprint density at radius 3 is 2.76 bits per heavy atom. The standard InChI is InChI=1S/C9H7N5O3/c1-14-8(9(15)16)7(11-13-14)6-3-2-5(12-17)4-10-6/h2-4H,1H3,(H,15,16). The van der Waals surface area contributed by atoms with Gasteiger partial charge in [0.05, 0.1) is 11.9 Å². The lowest BCUT2D eigenvalue weighted by atomic mass is 10.2. The second kappa shape index (κ2) is 4.08. The summed E-state index contributed by atoms with van der Waals surface area (Å²) < 4.78 is 1.14. The molecule has 8 heteroatoms. The van der Waals surface area contributed by atoms with Crippen LogP contribution in [0.1, 0.15) is 10.5 Å². The molecule has 0 aliphatic carbocycles. The van der Waals surface area contributed by atoms with Crippen molar-refractivity contribution in [2.24, 2.45) is 12.2 Å². The highest BCUT2D eigenvalue weighted by Gasteiger charge is 2.19. The van der Waals surface area contributed by atoms with Gasteiger partial charge in [-0.2, -0.15) is 0 Å². The Labute approximate surface area is 94.9 Å². The minimum atomic E-state index is -1.15. The molecule has 0 amide bonds. The molecule has 1 N–H and O–H groups in total. The molecular weight excluding hydrogens is 226 g/mol. The maximum absolute atomic E-state index is 11.0. The van der Waals surface area contributed by atoms with Crippen molar-refractivity contribution in [2.45, 2.75) is 0 Å². The molecule has 8 nitrogen and oxygen atoms in total. The van der Waals surface area contributed by atoms with Crippen molar-refractivity contribution in [3.63, 3.8) is 0 Å². The van der Waals surface area contributed by atoms with Crippen LogP contribution in [0.2, 0.25) is 0 Å². The third kappa shape index (κ3) is 1.87. The summed E-state index contributed by atoms with van der Waals surface area (Å²) in [6, 6.07) is 2.89. The zero-order chi connectivity index (χ0) is 12.4. The van der Waals surface area contributed by atoms with Crippen LogP contribution in [0.5, 0.6) is 0 Å². The number of pyridine rings is 1. The van der Waals surface area contributed by atoms with E-state index < -0.39 is 5.97 Å². The van der Waals surface area contributed by atoms with Gasteiger partial charge in [0, 0.05) is 7.05 Å². The number of aromatic carboxylic acids is 1. The highest BCUT2D eigenvalue weighted by Crippen LogP contribution is 2.20. The number of nitroso groups, excluding NO2 is 1. The van der Waals surface area contributed by atoms with Crippen LogP contribution in [0.15, 0.2) is 23.5 Å². The Bertz CT molecular complexity index is 575. The van der Waals surface area contributed by atoms with Crippen LogP contribution in [0.4, 0.5) is 5.69 Å². The highest BCUT2D eigenvalue weighted by atomic mass is 16.4. The first kappa shape index (κ1) is 10.9. The van der Waals surface area contributed by atoms with E-state index in [1.54, 1.807) is 0 Å². The lowest BCUT2D eigenvalue weighted by Gasteiger charge is -1.98. The summed E-state index contributed by atoms with van der Waals surface area (Å²) in [6.45, 7) is 0. The van der Waals surface area contributed by atoms with E-state index in [2.05, 4.69) is 20.5 Å². The number of carbonyl (C=O) groups is 1. The average Bonchev–Trinajstić information content (AvgIpc) is 2.71. The summed E-state index contributed by atoms with van der Waals surface area (Å²) in [5, 5.41) is 19.0. The molecule has 0 aromatic carbocycles. The van der Waals surface area contributed by atoms with Gasteiger partial charge in [0.1, 0.15) is 11.4 Å². The Balaban J connectivity index is 2.52. The van der Waals surface area contributed by atoms with Crippen LogP contribution in [0, 0.1) is 4.91 Å². The van der Waals surface area contributed by atoms with Gasteiger partial charge in [-0.3, -0.25) is 4.98 Å². The van der Waals surface area contributed by atoms with Crippen LogP contribution < -0.4 is 0 Å². The van der Waals surface area contributed by atoms with Crippen molar-refractivity contribution in [1.82, 2.24) is 20.0 Å². The van der Waals surface area contributed by atoms with Crippen molar-refractivity contribution in [2.75, 3.05) is 0 Å². The molecule has 0 fully saturated rings. The van der Waals surface area contributed by atoms with Crippen molar-refractivity contribution >= 4 is 11.7 Å². The zero-order valence-electron chi connectivity index (χ0n) is 8.73. The minimum absolute atomic E-state index is 0.0655. The highest BCUT2D eigenvalue weighted by molar-refractivity contribution is 5.92. The number of aryl methyl sites for hydroxylation is 1. The van der Waals surface area contributed by atoms with Gasteiger partial charge in [0.2, 0.25) is 0 Å². The molecule has 0 saturated carbocycles. The molecule has 2 aromatic heterocycles. The number of carboxylic acid groups (broad SMARTS) is 1. The van der Waals surface area contributed by atoms with Crippen LogP contribution in [0.3, 0.4) is 0 Å². The first-order chi connectivity index (χ1) is 8.13. The van der Waals surface area contributed by atoms with Gasteiger partial charge in [-0.1, -0.05) is 5.21 Å². The molecule has 0 spiro atoms. The van der Waals surface area contributed by atoms with Gasteiger partial charge in [0.15, 0.2) is 5.69 Å². The summed E-state index contributed by atoms with van der Waals surface area (Å²) in [7, 11) is 1.47. The van der Waals surface area contributed by atoms with E-state index in [0.717, 1.165) is 4.68 Å². The molecule has 0 atom stereocenters. The topological polar surface area (TPSA) is 110 Å². The smallest absolute Gasteiger partial charge is 0.356 e. The largest absolute Gasteiger partial charge is 0.476 e. The van der Waals surface area contributed by atoms with Gasteiger partial charge in [-0.25, -0.2) is 9.48 Å². The molecule has 0 radical (unpaired) electrons. The number of hydrogen-bond donors (Lipinski definition) is 1. The monoisotopic (exact) mass is 233 g/mol. The predicted molar refractivity (Wildman–Crippen MR) is 56.6 cm³/mol. The van der Waals surface area contributed by atoms with Crippen molar-refractivity contribution in [1.29, 1.82) is 0 Å². The number of nitrogens with zero attached hydrogens (tertiary/aromatic N) is 5. The molecule has 0 bridgehead atoms. The molecule has 0 aliphatic rings. The fraction of sp³-hybridized carbons (Fsp3) is 0.111. The van der Waals surface area contributed by atoms with Crippen LogP contribution in [-0.2, 0) is 7.05 Å². The van der Waals surface area contributed by atoms with Crippen molar-refractivity contribution < 1.29 is 9.90 Å². The maximum Gasteiger partial charge on any atom is 0.356 e. The summed E-state index contributed by atoms with van der Waals surface area (Å²) in [5.74, 6) is -1.15. The van der Waals surface area contributed by atoms with E-state index >= 15 is 0 Å². The summed E-state index contributed by atoms with van der Waals surface area (Å²) in [4.78, 5) is 25.1. The van der Waals surface area contributed by atoms with E-state index in [1.807, 2.05) is 0 Å². The van der Waals surface area contributed by atoms with Gasteiger partial charge >= 0.3 is 5.97 Å². The van der Waals surface area contributed by atoms with E-state index in [0.29, 0.717) is 5.69 Å². The first-order valence-corrected chi connectivity index (χ1v) is 4.56. The molecule has 0 saturated heterocycles. The van der Waals surface area contributed by atoms with Crippen LogP contribution in [-0.4, -0.2) is 31.1 Å². The molecule has 17 heavy (non-hydrogen) atoms. The fourth-order valence-electron chi connectivity index (χ4n) is 1.35. The normalized spacial score (nSPS) is 10.2. The zero-order valence-corrected chi connectivity index (χ0v) is 8.73. The first-order valence-electron chi connectivity index (χ1n) is 4.56. The summed E-state index contributed by atoms with van der Waals surface area (Å²) in [5.41, 5.74) is 0.569. The van der Waals surface area contributed by atoms with E-state index in [-0.39, 0.29) is 17.1 Å². The van der Waals surface area contributed by atoms with Gasteiger partial charge in [0.25, 0.3) is 0 Å². The predicted octanol–water partition coefficient (Wildman–Crippen LogP) is 0.973. The van der Waals surface area contributed by atoms with Gasteiger partial charge < -0.3 is 5.11 Å². The van der Waals surface area contributed by atoms with Crippen LogP contribution >= 0.6 is 0 Å². The van der Waals surface area contributed by atoms with Gasteiger partial charge in [-0.05, 0) is 17.3 Å². The molecule has 2 rings (SSSR count). The molecule has 2 heterocycles. The summed E-state index contributed by atoms with van der Waals surface area (Å²) >= 11 is 0. The lowest BCUT2D eigenvalue weighted by molar-refractivity contribution is 0.0686. The Kier molecular flexibility index (Phi) is 2.61. The number of aromatic nitrogens is 4. The van der Waals surface area contributed by atoms with Crippen molar-refractivity contribution in [3.05, 3.63) is 28.9 Å². The molecule has 0 unspecified atom stereocenters. The molecule has 86 valence electrons. The number of rotatable bonds is 3. The Morgan fingerprint density at radius 1 is 1.47 bits per heavy atom. The fourth-order valence-corrected chi connectivity index (χ4v) is 1.35. The third-order valence-electron chi connectivity index (χ3n) is 2.13. The van der Waals surface area contributed by atoms with E-state index in [1.165, 1.54) is 25.4 Å². The van der Waals surface area contributed by atoms with E-state index in [9.17, 15) is 9.70 Å². The molecular formula is C9H7N5O3. The second-order valence-electron chi connectivity index (χ2n) is 3.21. The third-order valence-corrected chi connectivity index (χ3v) is 2.13. The molecule has 2 aromatic rings. The Morgan fingerprint density at radius 2 is 2.24 bits per heavy atom. The van der Waals surface area contributed by atoms with Crippen LogP contribution in [0.25, 0.3) is 11.4 Å². The van der Waals surface area contributed by atoms with Gasteiger partial charge in [-0.15, -0.1) is 10.0 Å². The molecule has 0 aliphatic heterocycles. The maximum atomic E-state index is 11.0. The number of carboxylic acids is 1. The van der Waals surface area contributed by atoms with Crippen molar-refractivity contribution in [3.8, 4) is 11.4 Å². The second-order valence-corrected chi connectivity index (χ2v) is 3.21. The number of hydrogen-bond acceptors (Lipinski definition) is 6. The Hall–Kier alpha value is -2.64. The lowest BCUT2D eigenvalue weighted by Crippen LogP contribution is -2.07. The van der Waals surface area contributed by atoms with E-state index in [4.69, 9.17) is 5.11 Å².